The van der Waals surface area contributed by atoms with Crippen LogP contribution in [0.3, 0.4) is 0 Å². The molecule has 70 valence electrons. The number of ether oxygens (including phenoxy) is 1. The van der Waals surface area contributed by atoms with Gasteiger partial charge in [-0.25, -0.2) is 0 Å². The highest BCUT2D eigenvalue weighted by Crippen LogP contribution is 2.37. The highest BCUT2D eigenvalue weighted by Gasteiger charge is 2.52. The molecule has 3 nitrogen and oxygen atoms in total. The average molecular weight is 170 g/mol. The predicted molar refractivity (Wildman–Crippen MR) is 48.3 cm³/mol. The summed E-state index contributed by atoms with van der Waals surface area (Å²) in [5, 5.41) is 0. The SMILES string of the molecule is CN1CCC2(C1)OCC2N(C)C. The van der Waals surface area contributed by atoms with Gasteiger partial charge in [-0.1, -0.05) is 0 Å². The lowest BCUT2D eigenvalue weighted by molar-refractivity contribution is -0.196. The maximum atomic E-state index is 5.74. The summed E-state index contributed by atoms with van der Waals surface area (Å²) in [4.78, 5) is 4.65. The minimum absolute atomic E-state index is 0.179. The molecule has 0 bridgehead atoms. The van der Waals surface area contributed by atoms with Crippen LogP contribution in [0.25, 0.3) is 0 Å². The fourth-order valence-electron chi connectivity index (χ4n) is 2.40. The molecule has 12 heavy (non-hydrogen) atoms. The van der Waals surface area contributed by atoms with E-state index in [4.69, 9.17) is 4.74 Å². The molecule has 0 saturated carbocycles. The van der Waals surface area contributed by atoms with Crippen molar-refractivity contribution in [1.82, 2.24) is 9.80 Å². The number of nitrogens with zero attached hydrogens (tertiary/aromatic N) is 2. The summed E-state index contributed by atoms with van der Waals surface area (Å²) in [5.41, 5.74) is 0.179. The minimum Gasteiger partial charge on any atom is -0.370 e. The molecule has 2 unspecified atom stereocenters. The van der Waals surface area contributed by atoms with Crippen LogP contribution in [0.1, 0.15) is 6.42 Å². The standard InChI is InChI=1S/C9H18N2O/c1-10(2)8-6-12-9(8)4-5-11(3)7-9/h8H,4-7H2,1-3H3. The first-order chi connectivity index (χ1) is 5.64. The summed E-state index contributed by atoms with van der Waals surface area (Å²) in [6.07, 6.45) is 1.20. The molecule has 0 aromatic heterocycles. The molecule has 1 spiro atoms. The normalized spacial score (nSPS) is 42.5. The Morgan fingerprint density at radius 1 is 1.50 bits per heavy atom. The van der Waals surface area contributed by atoms with Gasteiger partial charge >= 0.3 is 0 Å². The molecule has 0 N–H and O–H groups in total. The minimum atomic E-state index is 0.179. The van der Waals surface area contributed by atoms with Gasteiger partial charge in [0.1, 0.15) is 0 Å². The summed E-state index contributed by atoms with van der Waals surface area (Å²) in [5.74, 6) is 0. The first-order valence-corrected chi connectivity index (χ1v) is 4.63. The highest BCUT2D eigenvalue weighted by atomic mass is 16.5. The number of rotatable bonds is 1. The zero-order chi connectivity index (χ0) is 8.77. The molecule has 2 heterocycles. The largest absolute Gasteiger partial charge is 0.370 e. The van der Waals surface area contributed by atoms with Crippen LogP contribution in [0.4, 0.5) is 0 Å². The second kappa shape index (κ2) is 2.69. The fourth-order valence-corrected chi connectivity index (χ4v) is 2.40. The molecule has 0 aromatic rings. The second-order valence-corrected chi connectivity index (χ2v) is 4.34. The van der Waals surface area contributed by atoms with Crippen molar-refractivity contribution in [2.24, 2.45) is 0 Å². The van der Waals surface area contributed by atoms with E-state index in [-0.39, 0.29) is 5.60 Å². The Kier molecular flexibility index (Phi) is 1.90. The molecule has 2 atom stereocenters. The van der Waals surface area contributed by atoms with Crippen LogP contribution >= 0.6 is 0 Å². The fraction of sp³-hybridized carbons (Fsp3) is 1.00. The molecule has 2 saturated heterocycles. The van der Waals surface area contributed by atoms with Gasteiger partial charge in [0, 0.05) is 13.1 Å². The van der Waals surface area contributed by atoms with Crippen molar-refractivity contribution in [3.63, 3.8) is 0 Å². The Morgan fingerprint density at radius 2 is 2.25 bits per heavy atom. The van der Waals surface area contributed by atoms with Gasteiger partial charge in [-0.3, -0.25) is 0 Å². The monoisotopic (exact) mass is 170 g/mol. The van der Waals surface area contributed by atoms with E-state index in [1.165, 1.54) is 13.0 Å². The Morgan fingerprint density at radius 3 is 2.58 bits per heavy atom. The molecule has 2 rings (SSSR count). The quantitative estimate of drug-likeness (QED) is 0.552. The van der Waals surface area contributed by atoms with Gasteiger partial charge in [0.25, 0.3) is 0 Å². The number of likely N-dealkylation sites (tertiary alicyclic amines) is 1. The molecule has 0 aromatic carbocycles. The molecule has 0 aliphatic carbocycles. The van der Waals surface area contributed by atoms with Gasteiger partial charge in [-0.05, 0) is 27.6 Å². The van der Waals surface area contributed by atoms with Crippen molar-refractivity contribution in [1.29, 1.82) is 0 Å². The Hall–Kier alpha value is -0.120. The van der Waals surface area contributed by atoms with Gasteiger partial charge < -0.3 is 14.5 Å². The van der Waals surface area contributed by atoms with E-state index in [0.29, 0.717) is 6.04 Å². The predicted octanol–water partition coefficient (Wildman–Crippen LogP) is 0.0211. The summed E-state index contributed by atoms with van der Waals surface area (Å²) < 4.78 is 5.74. The third kappa shape index (κ3) is 1.08. The smallest absolute Gasteiger partial charge is 0.0997 e. The van der Waals surface area contributed by atoms with Crippen LogP contribution in [-0.4, -0.2) is 62.3 Å². The first-order valence-electron chi connectivity index (χ1n) is 4.63. The summed E-state index contributed by atoms with van der Waals surface area (Å²) in [6.45, 7) is 3.21. The maximum Gasteiger partial charge on any atom is 0.0997 e. The highest BCUT2D eigenvalue weighted by molar-refractivity contribution is 5.06. The van der Waals surface area contributed by atoms with Crippen molar-refractivity contribution < 1.29 is 4.74 Å². The lowest BCUT2D eigenvalue weighted by Crippen LogP contribution is -2.64. The summed E-state index contributed by atoms with van der Waals surface area (Å²) in [6, 6.07) is 0.641. The van der Waals surface area contributed by atoms with Gasteiger partial charge in [-0.15, -0.1) is 0 Å². The van der Waals surface area contributed by atoms with Crippen molar-refractivity contribution in [2.75, 3.05) is 40.8 Å². The molecular weight excluding hydrogens is 152 g/mol. The third-order valence-corrected chi connectivity index (χ3v) is 3.21. The second-order valence-electron chi connectivity index (χ2n) is 4.34. The van der Waals surface area contributed by atoms with E-state index in [0.717, 1.165) is 13.2 Å². The third-order valence-electron chi connectivity index (χ3n) is 3.21. The van der Waals surface area contributed by atoms with Crippen LogP contribution in [0.15, 0.2) is 0 Å². The van der Waals surface area contributed by atoms with Crippen LogP contribution in [0.2, 0.25) is 0 Å². The molecule has 2 aliphatic rings. The zero-order valence-electron chi connectivity index (χ0n) is 8.21. The van der Waals surface area contributed by atoms with Crippen LogP contribution in [0, 0.1) is 0 Å². The molecular formula is C9H18N2O. The number of hydrogen-bond acceptors (Lipinski definition) is 3. The molecule has 3 heteroatoms. The average Bonchev–Trinajstić information content (AvgIpc) is 2.30. The lowest BCUT2D eigenvalue weighted by atomic mass is 9.87. The van der Waals surface area contributed by atoms with E-state index in [2.05, 4.69) is 30.9 Å². The van der Waals surface area contributed by atoms with E-state index < -0.39 is 0 Å². The van der Waals surface area contributed by atoms with E-state index in [1.807, 2.05) is 0 Å². The first kappa shape index (κ1) is 8.48. The van der Waals surface area contributed by atoms with Crippen LogP contribution < -0.4 is 0 Å². The number of hydrogen-bond donors (Lipinski definition) is 0. The number of likely N-dealkylation sites (N-methyl/N-ethyl adjacent to an activating group) is 2. The Labute approximate surface area is 74.3 Å². The van der Waals surface area contributed by atoms with Crippen molar-refractivity contribution in [2.45, 2.75) is 18.1 Å². The molecule has 2 aliphatic heterocycles. The van der Waals surface area contributed by atoms with Gasteiger partial charge in [0.15, 0.2) is 0 Å². The molecule has 2 fully saturated rings. The van der Waals surface area contributed by atoms with Gasteiger partial charge in [0.2, 0.25) is 0 Å². The van der Waals surface area contributed by atoms with E-state index in [1.54, 1.807) is 0 Å². The van der Waals surface area contributed by atoms with E-state index >= 15 is 0 Å². The van der Waals surface area contributed by atoms with Crippen molar-refractivity contribution in [3.8, 4) is 0 Å². The molecule has 0 amide bonds. The van der Waals surface area contributed by atoms with Gasteiger partial charge in [0.05, 0.1) is 18.2 Å². The lowest BCUT2D eigenvalue weighted by Gasteiger charge is -2.50. The van der Waals surface area contributed by atoms with Crippen LogP contribution in [-0.2, 0) is 4.74 Å². The Balaban J connectivity index is 2.03. The Bertz CT molecular complexity index is 183. The van der Waals surface area contributed by atoms with Crippen molar-refractivity contribution >= 4 is 0 Å². The molecule has 0 radical (unpaired) electrons. The maximum absolute atomic E-state index is 5.74. The van der Waals surface area contributed by atoms with Gasteiger partial charge in [-0.2, -0.15) is 0 Å². The van der Waals surface area contributed by atoms with Crippen LogP contribution in [0.5, 0.6) is 0 Å². The summed E-state index contributed by atoms with van der Waals surface area (Å²) >= 11 is 0. The topological polar surface area (TPSA) is 15.7 Å². The van der Waals surface area contributed by atoms with E-state index in [9.17, 15) is 0 Å². The zero-order valence-corrected chi connectivity index (χ0v) is 8.21. The summed E-state index contributed by atoms with van der Waals surface area (Å²) in [7, 11) is 6.46. The van der Waals surface area contributed by atoms with Crippen molar-refractivity contribution in [3.05, 3.63) is 0 Å².